The Bertz CT molecular complexity index is 642. The van der Waals surface area contributed by atoms with Crippen molar-refractivity contribution in [3.8, 4) is 5.88 Å². The van der Waals surface area contributed by atoms with Gasteiger partial charge in [-0.2, -0.15) is 0 Å². The minimum atomic E-state index is -0.649. The third kappa shape index (κ3) is 3.19. The maximum absolute atomic E-state index is 10.6. The second-order valence-corrected chi connectivity index (χ2v) is 5.67. The highest BCUT2D eigenvalue weighted by Gasteiger charge is 2.23. The Hall–Kier alpha value is -1.76. The number of aromatic nitrogens is 2. The molecule has 3 atom stereocenters. The zero-order valence-corrected chi connectivity index (χ0v) is 12.6. The van der Waals surface area contributed by atoms with Crippen molar-refractivity contribution in [3.63, 3.8) is 0 Å². The molecule has 0 aromatic carbocycles. The van der Waals surface area contributed by atoms with Crippen LogP contribution < -0.4 is 10.5 Å². The molecule has 0 spiro atoms. The van der Waals surface area contributed by atoms with Gasteiger partial charge in [-0.15, -0.1) is 0 Å². The number of hydrogen-bond acceptors (Lipinski definition) is 6. The Kier molecular flexibility index (Phi) is 4.52. The van der Waals surface area contributed by atoms with Gasteiger partial charge >= 0.3 is 0 Å². The van der Waals surface area contributed by atoms with Gasteiger partial charge in [-0.25, -0.2) is 4.98 Å². The molecule has 0 amide bonds. The van der Waals surface area contributed by atoms with Gasteiger partial charge in [0, 0.05) is 30.3 Å². The molecule has 1 aliphatic heterocycles. The lowest BCUT2D eigenvalue weighted by molar-refractivity contribution is -0.0233. The third-order valence-electron chi connectivity index (χ3n) is 4.05. The van der Waals surface area contributed by atoms with Gasteiger partial charge in [0.15, 0.2) is 0 Å². The molecule has 1 saturated heterocycles. The molecule has 1 fully saturated rings. The average molecular weight is 303 g/mol. The van der Waals surface area contributed by atoms with Crippen molar-refractivity contribution in [1.29, 1.82) is 0 Å². The second kappa shape index (κ2) is 6.56. The smallest absolute Gasteiger partial charge is 0.213 e. The first-order chi connectivity index (χ1) is 10.7. The van der Waals surface area contributed by atoms with Crippen LogP contribution in [-0.2, 0) is 4.74 Å². The van der Waals surface area contributed by atoms with Crippen LogP contribution in [0.4, 0.5) is 0 Å². The first kappa shape index (κ1) is 15.1. The lowest BCUT2D eigenvalue weighted by atomic mass is 9.97. The molecule has 2 aromatic rings. The maximum atomic E-state index is 10.6. The summed E-state index contributed by atoms with van der Waals surface area (Å²) in [5.74, 6) is 0.508. The minimum Gasteiger partial charge on any atom is -0.481 e. The molecule has 0 radical (unpaired) electrons. The van der Waals surface area contributed by atoms with Gasteiger partial charge in [-0.3, -0.25) is 4.98 Å². The van der Waals surface area contributed by atoms with Crippen LogP contribution in [0.15, 0.2) is 24.4 Å². The Morgan fingerprint density at radius 1 is 1.41 bits per heavy atom. The molecule has 0 saturated carbocycles. The van der Waals surface area contributed by atoms with Gasteiger partial charge in [-0.1, -0.05) is 0 Å². The Balaban J connectivity index is 1.82. The number of fused-ring (bicyclic) bond motifs is 1. The van der Waals surface area contributed by atoms with Crippen LogP contribution in [0, 0.1) is 0 Å². The maximum Gasteiger partial charge on any atom is 0.213 e. The quantitative estimate of drug-likeness (QED) is 0.891. The summed E-state index contributed by atoms with van der Waals surface area (Å²) in [7, 11) is 1.57. The zero-order valence-electron chi connectivity index (χ0n) is 12.6. The Labute approximate surface area is 129 Å². The molecule has 6 nitrogen and oxygen atoms in total. The van der Waals surface area contributed by atoms with Crippen LogP contribution in [0.1, 0.15) is 30.9 Å². The lowest BCUT2D eigenvalue weighted by Crippen LogP contribution is -2.36. The van der Waals surface area contributed by atoms with Crippen molar-refractivity contribution >= 4 is 11.0 Å². The summed E-state index contributed by atoms with van der Waals surface area (Å²) in [5, 5.41) is 10.6. The lowest BCUT2D eigenvalue weighted by Gasteiger charge is -2.28. The van der Waals surface area contributed by atoms with E-state index in [2.05, 4.69) is 9.97 Å². The monoisotopic (exact) mass is 303 g/mol. The summed E-state index contributed by atoms with van der Waals surface area (Å²) in [6.45, 7) is 0.556. The number of nitrogens with zero attached hydrogens (tertiary/aromatic N) is 2. The Morgan fingerprint density at radius 3 is 3.00 bits per heavy atom. The fourth-order valence-corrected chi connectivity index (χ4v) is 2.80. The van der Waals surface area contributed by atoms with Gasteiger partial charge in [-0.05, 0) is 25.0 Å². The van der Waals surface area contributed by atoms with Crippen LogP contribution >= 0.6 is 0 Å². The number of aliphatic hydroxyl groups is 1. The molecule has 22 heavy (non-hydrogen) atoms. The third-order valence-corrected chi connectivity index (χ3v) is 4.05. The number of rotatable bonds is 4. The summed E-state index contributed by atoms with van der Waals surface area (Å²) in [6.07, 6.45) is 3.41. The molecule has 3 heterocycles. The van der Waals surface area contributed by atoms with E-state index < -0.39 is 6.10 Å². The highest BCUT2D eigenvalue weighted by atomic mass is 16.5. The summed E-state index contributed by atoms with van der Waals surface area (Å²) >= 11 is 0. The number of aliphatic hydroxyl groups excluding tert-OH is 1. The second-order valence-electron chi connectivity index (χ2n) is 5.67. The molecular weight excluding hydrogens is 282 g/mol. The van der Waals surface area contributed by atoms with Crippen LogP contribution in [0.5, 0.6) is 5.88 Å². The number of pyridine rings is 2. The van der Waals surface area contributed by atoms with Crippen molar-refractivity contribution in [2.45, 2.75) is 37.5 Å². The van der Waals surface area contributed by atoms with Gasteiger partial charge in [0.05, 0.1) is 37.0 Å². The summed E-state index contributed by atoms with van der Waals surface area (Å²) < 4.78 is 10.9. The van der Waals surface area contributed by atoms with E-state index in [0.717, 1.165) is 23.9 Å². The van der Waals surface area contributed by atoms with Gasteiger partial charge in [0.25, 0.3) is 0 Å². The van der Waals surface area contributed by atoms with Crippen LogP contribution in [0.25, 0.3) is 11.0 Å². The van der Waals surface area contributed by atoms with Crippen molar-refractivity contribution < 1.29 is 14.6 Å². The van der Waals surface area contributed by atoms with Crippen molar-refractivity contribution in [2.75, 3.05) is 13.7 Å². The molecule has 3 rings (SSSR count). The van der Waals surface area contributed by atoms with Crippen LogP contribution in [0.2, 0.25) is 0 Å². The minimum absolute atomic E-state index is 0.0311. The normalized spacial score (nSPS) is 23.4. The number of methoxy groups -OCH3 is 1. The average Bonchev–Trinajstić information content (AvgIpc) is 2.55. The Morgan fingerprint density at radius 2 is 2.27 bits per heavy atom. The van der Waals surface area contributed by atoms with Gasteiger partial charge in [0.1, 0.15) is 0 Å². The molecule has 2 aromatic heterocycles. The highest BCUT2D eigenvalue weighted by Crippen LogP contribution is 2.29. The fraction of sp³-hybridized carbons (Fsp3) is 0.500. The summed E-state index contributed by atoms with van der Waals surface area (Å²) in [6, 6.07) is 5.51. The highest BCUT2D eigenvalue weighted by molar-refractivity contribution is 5.78. The van der Waals surface area contributed by atoms with E-state index in [4.69, 9.17) is 15.2 Å². The standard InChI is InChI=1S/C16H21N3O3/c1-21-15-5-4-13-16(19-15)12(6-7-18-13)14(20)8-11-3-2-10(17)9-22-11/h4-7,10-11,14,20H,2-3,8-9,17H2,1H3/t10-,11+,14+/m1/s1. The van der Waals surface area contributed by atoms with Crippen LogP contribution in [0.3, 0.4) is 0 Å². The molecule has 0 aliphatic carbocycles. The van der Waals surface area contributed by atoms with E-state index in [1.807, 2.05) is 6.07 Å². The van der Waals surface area contributed by atoms with Crippen molar-refractivity contribution in [1.82, 2.24) is 9.97 Å². The van der Waals surface area contributed by atoms with E-state index in [-0.39, 0.29) is 12.1 Å². The topological polar surface area (TPSA) is 90.5 Å². The molecule has 1 aliphatic rings. The zero-order chi connectivity index (χ0) is 15.5. The predicted octanol–water partition coefficient (Wildman–Crippen LogP) is 1.57. The molecule has 0 unspecified atom stereocenters. The van der Waals surface area contributed by atoms with E-state index in [9.17, 15) is 5.11 Å². The SMILES string of the molecule is COc1ccc2nccc([C@@H](O)C[C@@H]3CC[C@@H](N)CO3)c2n1. The first-order valence-electron chi connectivity index (χ1n) is 7.52. The number of hydrogen-bond donors (Lipinski definition) is 2. The molecule has 3 N–H and O–H groups in total. The number of ether oxygens (including phenoxy) is 2. The van der Waals surface area contributed by atoms with Crippen molar-refractivity contribution in [3.05, 3.63) is 30.0 Å². The van der Waals surface area contributed by atoms with Gasteiger partial charge in [0.2, 0.25) is 5.88 Å². The van der Waals surface area contributed by atoms with E-state index in [1.54, 1.807) is 25.4 Å². The van der Waals surface area contributed by atoms with E-state index in [0.29, 0.717) is 24.4 Å². The summed E-state index contributed by atoms with van der Waals surface area (Å²) in [4.78, 5) is 8.69. The fourth-order valence-electron chi connectivity index (χ4n) is 2.80. The molecule has 0 bridgehead atoms. The van der Waals surface area contributed by atoms with E-state index >= 15 is 0 Å². The van der Waals surface area contributed by atoms with Crippen molar-refractivity contribution in [2.24, 2.45) is 5.73 Å². The van der Waals surface area contributed by atoms with Crippen LogP contribution in [-0.4, -0.2) is 40.9 Å². The van der Waals surface area contributed by atoms with E-state index in [1.165, 1.54) is 0 Å². The number of nitrogens with two attached hydrogens (primary N) is 1. The predicted molar refractivity (Wildman–Crippen MR) is 82.6 cm³/mol. The largest absolute Gasteiger partial charge is 0.481 e. The molecule has 6 heteroatoms. The summed E-state index contributed by atoms with van der Waals surface area (Å²) in [5.41, 5.74) is 7.99. The molecule has 118 valence electrons. The van der Waals surface area contributed by atoms with Gasteiger partial charge < -0.3 is 20.3 Å². The molecular formula is C16H21N3O3. The first-order valence-corrected chi connectivity index (χ1v) is 7.52.